The van der Waals surface area contributed by atoms with Crippen molar-refractivity contribution in [1.82, 2.24) is 0 Å². The molecule has 12 heteroatoms. The fraction of sp³-hybridized carbons (Fsp3) is 0.0217. The van der Waals surface area contributed by atoms with Gasteiger partial charge in [-0.25, -0.2) is 16.8 Å². The van der Waals surface area contributed by atoms with Gasteiger partial charge < -0.3 is 9.80 Å². The highest BCUT2D eigenvalue weighted by Gasteiger charge is 2.55. The van der Waals surface area contributed by atoms with Gasteiger partial charge in [-0.2, -0.15) is 0 Å². The van der Waals surface area contributed by atoms with Crippen LogP contribution in [0, 0.1) is 0 Å². The molecule has 0 fully saturated rings. The lowest BCUT2D eigenvalue weighted by molar-refractivity contribution is 0.595. The first-order valence-corrected chi connectivity index (χ1v) is 41.0. The van der Waals surface area contributed by atoms with E-state index in [0.717, 1.165) is 88.7 Å². The van der Waals surface area contributed by atoms with Gasteiger partial charge in [-0.1, -0.05) is 164 Å². The molecule has 14 aromatic carbocycles. The second kappa shape index (κ2) is 22.1. The maximum absolute atomic E-state index is 14.3. The second-order valence-electron chi connectivity index (χ2n) is 27.4. The number of sulfone groups is 2. The smallest absolute Gasteiger partial charge is 0.207 e. The Morgan fingerprint density at radius 3 is 1.07 bits per heavy atom. The molecule has 104 heavy (non-hydrogen) atoms. The minimum absolute atomic E-state index is 0.278. The molecule has 2 spiro atoms. The molecule has 23 rings (SSSR count). The van der Waals surface area contributed by atoms with Crippen molar-refractivity contribution in [3.63, 3.8) is 0 Å². The van der Waals surface area contributed by atoms with Crippen molar-refractivity contribution < 1.29 is 16.8 Å². The molecule has 18 aromatic rings. The summed E-state index contributed by atoms with van der Waals surface area (Å²) < 4.78 is 55.6. The highest BCUT2D eigenvalue weighted by atomic mass is 32.2. The molecule has 0 saturated heterocycles. The minimum atomic E-state index is -3.72. The molecule has 3 aliphatic heterocycles. The number of nitrogens with zero attached hydrogens (tertiary/aromatic N) is 2. The number of hydrogen-bond acceptors (Lipinski definition) is 10. The van der Waals surface area contributed by atoms with Crippen molar-refractivity contribution in [2.45, 2.75) is 30.4 Å². The molecule has 2 aliphatic carbocycles. The van der Waals surface area contributed by atoms with Crippen molar-refractivity contribution in [3.8, 4) is 41.8 Å². The van der Waals surface area contributed by atoms with Crippen molar-refractivity contribution in [2.75, 3.05) is 9.80 Å². The third kappa shape index (κ3) is 8.23. The lowest BCUT2D eigenvalue weighted by Crippen LogP contribution is -2.36. The zero-order chi connectivity index (χ0) is 69.0. The van der Waals surface area contributed by atoms with E-state index in [1.165, 1.54) is 85.6 Å². The molecule has 5 aliphatic rings. The van der Waals surface area contributed by atoms with Crippen LogP contribution in [-0.4, -0.2) is 16.8 Å². The summed E-state index contributed by atoms with van der Waals surface area (Å²) >= 11 is 7.30. The van der Waals surface area contributed by atoms with Crippen LogP contribution in [-0.2, 0) is 30.5 Å². The molecule has 0 saturated carbocycles. The first-order valence-electron chi connectivity index (χ1n) is 34.5. The van der Waals surface area contributed by atoms with Crippen molar-refractivity contribution in [3.05, 3.63) is 369 Å². The summed E-state index contributed by atoms with van der Waals surface area (Å²) in [5.74, 6) is 0. The fourth-order valence-electron chi connectivity index (χ4n) is 17.9. The molecule has 0 N–H and O–H groups in total. The zero-order valence-corrected chi connectivity index (χ0v) is 60.1. The van der Waals surface area contributed by atoms with E-state index in [4.69, 9.17) is 0 Å². The van der Waals surface area contributed by atoms with E-state index in [1.54, 1.807) is 42.5 Å². The topological polar surface area (TPSA) is 74.8 Å². The van der Waals surface area contributed by atoms with Crippen LogP contribution in [0.4, 0.5) is 34.1 Å². The SMILES string of the molecule is O=S(=O)(c1ccccc1)c1ccc(N2c3cc4ccccc4cc3C3(c4cc5ccccc5cc42)c2ccsc2-c2sccc23)cc1.O=S1(=O)c2ccc(-c3cccc4ccccc34)cc2-c2cc(N3c4cc5ccccc5cc4C4(c5cc6ccccc6cc53)c3ccsc3-c3sccc34)ccc21. The summed E-state index contributed by atoms with van der Waals surface area (Å²) in [7, 11) is -7.37. The molecule has 0 bridgehead atoms. The Morgan fingerprint density at radius 2 is 0.625 bits per heavy atom. The van der Waals surface area contributed by atoms with Gasteiger partial charge in [0.25, 0.3) is 0 Å². The third-order valence-electron chi connectivity index (χ3n) is 22.4. The first-order chi connectivity index (χ1) is 51.0. The van der Waals surface area contributed by atoms with Crippen molar-refractivity contribution in [1.29, 1.82) is 0 Å². The molecule has 7 heterocycles. The van der Waals surface area contributed by atoms with Crippen LogP contribution >= 0.6 is 45.3 Å². The van der Waals surface area contributed by atoms with Crippen LogP contribution in [0.3, 0.4) is 0 Å². The van der Waals surface area contributed by atoms with Gasteiger partial charge in [-0.3, -0.25) is 0 Å². The van der Waals surface area contributed by atoms with E-state index in [-0.39, 0.29) is 4.90 Å². The van der Waals surface area contributed by atoms with Gasteiger partial charge in [0, 0.05) is 42.0 Å². The number of fused-ring (bicyclic) bond motifs is 26. The van der Waals surface area contributed by atoms with Crippen LogP contribution in [0.15, 0.2) is 344 Å². The Bertz CT molecular complexity index is 6740. The molecular weight excluding hydrogens is 1390 g/mol. The van der Waals surface area contributed by atoms with Gasteiger partial charge in [0.1, 0.15) is 0 Å². The number of thiophene rings is 4. The zero-order valence-electron chi connectivity index (χ0n) is 55.2. The van der Waals surface area contributed by atoms with E-state index in [9.17, 15) is 16.8 Å². The van der Waals surface area contributed by atoms with E-state index < -0.39 is 30.5 Å². The number of rotatable bonds is 5. The molecule has 6 nitrogen and oxygen atoms in total. The summed E-state index contributed by atoms with van der Waals surface area (Å²) in [6, 6.07) is 105. The Labute approximate surface area is 616 Å². The van der Waals surface area contributed by atoms with Gasteiger partial charge in [0.05, 0.1) is 53.2 Å². The summed E-state index contributed by atoms with van der Waals surface area (Å²) in [6.07, 6.45) is 0. The van der Waals surface area contributed by atoms with E-state index in [1.807, 2.05) is 81.7 Å². The summed E-state index contributed by atoms with van der Waals surface area (Å²) in [5.41, 5.74) is 19.0. The Hall–Kier alpha value is -11.3. The second-order valence-corrected chi connectivity index (χ2v) is 34.9. The summed E-state index contributed by atoms with van der Waals surface area (Å²) in [6.45, 7) is 0. The lowest BCUT2D eigenvalue weighted by Gasteiger charge is -2.45. The average molecular weight is 1440 g/mol. The Morgan fingerprint density at radius 1 is 0.279 bits per heavy atom. The Kier molecular flexibility index (Phi) is 12.8. The van der Waals surface area contributed by atoms with Crippen molar-refractivity contribution in [2.24, 2.45) is 0 Å². The Balaban J connectivity index is 0.000000133. The molecular formula is C92H54N2O4S6. The third-order valence-corrected chi connectivity index (χ3v) is 30.0. The standard InChI is InChI=1S/C51H29NO2S3.C41H25NO2S3/c53-57(54)47-18-16-35(38-15-7-13-30-8-5-6-14-37(30)38)24-39(47)40-29-36(17-19-48(40)57)52-45-27-33-11-3-1-9-31(33)25-43(45)51(41-20-22-55-49(41)50-42(51)21-23-56-50)44-26-32-10-2-4-12-34(32)28-46(44)52;43-47(44,31-12-2-1-3-13-31)32-16-14-30(15-17-32)42-37-24-28-10-6-4-8-26(28)22-35(37)41(33-18-20-45-39(33)40-34(41)19-21-46-40)36-23-27-9-5-7-11-29(27)25-38(36)42/h1-29H;1-25H. The molecule has 492 valence electrons. The van der Waals surface area contributed by atoms with Crippen LogP contribution in [0.2, 0.25) is 0 Å². The van der Waals surface area contributed by atoms with Gasteiger partial charge in [0.15, 0.2) is 0 Å². The number of benzene rings is 14. The normalized spacial score (nSPS) is 14.7. The summed E-state index contributed by atoms with van der Waals surface area (Å²) in [5, 5.41) is 20.6. The lowest BCUT2D eigenvalue weighted by atomic mass is 9.64. The van der Waals surface area contributed by atoms with Gasteiger partial charge >= 0.3 is 0 Å². The monoisotopic (exact) mass is 1440 g/mol. The van der Waals surface area contributed by atoms with E-state index >= 15 is 0 Å². The van der Waals surface area contributed by atoms with Crippen LogP contribution < -0.4 is 9.80 Å². The predicted octanol–water partition coefficient (Wildman–Crippen LogP) is 25.0. The average Bonchev–Trinajstić information content (AvgIpc) is 1.44. The molecule has 0 radical (unpaired) electrons. The summed E-state index contributed by atoms with van der Waals surface area (Å²) in [4.78, 5) is 11.4. The maximum atomic E-state index is 14.3. The van der Waals surface area contributed by atoms with Crippen LogP contribution in [0.1, 0.15) is 44.5 Å². The highest BCUT2D eigenvalue weighted by Crippen LogP contribution is 2.69. The first kappa shape index (κ1) is 60.3. The van der Waals surface area contributed by atoms with Gasteiger partial charge in [0.2, 0.25) is 19.7 Å². The predicted molar refractivity (Wildman–Crippen MR) is 431 cm³/mol. The van der Waals surface area contributed by atoms with Crippen LogP contribution in [0.5, 0.6) is 0 Å². The largest absolute Gasteiger partial charge is 0.310 e. The maximum Gasteiger partial charge on any atom is 0.207 e. The molecule has 4 aromatic heterocycles. The molecule has 0 amide bonds. The van der Waals surface area contributed by atoms with E-state index in [0.29, 0.717) is 14.7 Å². The fourth-order valence-corrected chi connectivity index (χ4v) is 25.0. The highest BCUT2D eigenvalue weighted by molar-refractivity contribution is 7.92. The number of anilines is 6. The van der Waals surface area contributed by atoms with Crippen molar-refractivity contribution >= 4 is 153 Å². The molecule has 0 atom stereocenters. The molecule has 0 unspecified atom stereocenters. The van der Waals surface area contributed by atoms with Gasteiger partial charge in [-0.05, 0) is 271 Å². The van der Waals surface area contributed by atoms with Gasteiger partial charge in [-0.15, -0.1) is 45.3 Å². The van der Waals surface area contributed by atoms with E-state index in [2.05, 4.69) is 256 Å². The number of hydrogen-bond donors (Lipinski definition) is 0. The quantitative estimate of drug-likeness (QED) is 0.171. The minimum Gasteiger partial charge on any atom is -0.310 e. The van der Waals surface area contributed by atoms with Crippen LogP contribution in [0.25, 0.3) is 95.6 Å².